The summed E-state index contributed by atoms with van der Waals surface area (Å²) in [6.45, 7) is 1.99. The van der Waals surface area contributed by atoms with Crippen molar-refractivity contribution in [2.45, 2.75) is 6.92 Å². The minimum absolute atomic E-state index is 0.796. The Hall–Kier alpha value is -1.94. The summed E-state index contributed by atoms with van der Waals surface area (Å²) in [5.41, 5.74) is 2.93. The van der Waals surface area contributed by atoms with Crippen molar-refractivity contribution in [1.29, 1.82) is 0 Å². The molecule has 3 rings (SSSR count). The fourth-order valence-electron chi connectivity index (χ4n) is 1.96. The van der Waals surface area contributed by atoms with Crippen LogP contribution < -0.4 is 5.32 Å². The predicted molar refractivity (Wildman–Crippen MR) is 81.7 cm³/mol. The molecule has 0 amide bonds. The van der Waals surface area contributed by atoms with Crippen LogP contribution in [0.15, 0.2) is 53.1 Å². The van der Waals surface area contributed by atoms with Gasteiger partial charge in [-0.3, -0.25) is 4.98 Å². The van der Waals surface area contributed by atoms with Gasteiger partial charge in [-0.1, -0.05) is 24.3 Å². The van der Waals surface area contributed by atoms with Crippen LogP contribution in [0.3, 0.4) is 0 Å². The number of fused-ring (bicyclic) bond motifs is 1. The molecule has 3 nitrogen and oxygen atoms in total. The van der Waals surface area contributed by atoms with Gasteiger partial charge in [0.05, 0.1) is 11.2 Å². The topological polar surface area (TPSA) is 37.8 Å². The van der Waals surface area contributed by atoms with Gasteiger partial charge in [0.1, 0.15) is 10.4 Å². The van der Waals surface area contributed by atoms with E-state index in [1.54, 1.807) is 0 Å². The summed E-state index contributed by atoms with van der Waals surface area (Å²) in [7, 11) is 0. The Labute approximate surface area is 119 Å². The predicted octanol–water partition coefficient (Wildman–Crippen LogP) is 4.44. The van der Waals surface area contributed by atoms with Gasteiger partial charge in [0.15, 0.2) is 0 Å². The summed E-state index contributed by atoms with van der Waals surface area (Å²) in [5.74, 6) is 0.796. The van der Waals surface area contributed by atoms with E-state index in [9.17, 15) is 0 Å². The van der Waals surface area contributed by atoms with E-state index < -0.39 is 0 Å². The number of para-hydroxylation sites is 1. The van der Waals surface area contributed by atoms with Gasteiger partial charge in [0, 0.05) is 11.1 Å². The van der Waals surface area contributed by atoms with Crippen LogP contribution in [0.4, 0.5) is 11.5 Å². The van der Waals surface area contributed by atoms with Crippen LogP contribution in [0.2, 0.25) is 0 Å². The van der Waals surface area contributed by atoms with Crippen LogP contribution in [0, 0.1) is 6.92 Å². The lowest BCUT2D eigenvalue weighted by Crippen LogP contribution is -1.96. The van der Waals surface area contributed by atoms with Gasteiger partial charge in [-0.05, 0) is 47.1 Å². The van der Waals surface area contributed by atoms with E-state index in [1.165, 1.54) is 0 Å². The monoisotopic (exact) mass is 313 g/mol. The van der Waals surface area contributed by atoms with Crippen molar-refractivity contribution in [1.82, 2.24) is 9.97 Å². The number of nitrogens with zero attached hydrogens (tertiary/aromatic N) is 2. The molecule has 0 saturated heterocycles. The summed E-state index contributed by atoms with van der Waals surface area (Å²) in [4.78, 5) is 8.97. The zero-order valence-corrected chi connectivity index (χ0v) is 12.0. The van der Waals surface area contributed by atoms with Crippen LogP contribution in [0.25, 0.3) is 10.9 Å². The summed E-state index contributed by atoms with van der Waals surface area (Å²) < 4.78 is 0.807. The molecule has 0 aliphatic heterocycles. The molecular weight excluding hydrogens is 302 g/mol. The van der Waals surface area contributed by atoms with Crippen molar-refractivity contribution in [3.8, 4) is 0 Å². The summed E-state index contributed by atoms with van der Waals surface area (Å²) in [5, 5.41) is 4.43. The minimum Gasteiger partial charge on any atom is -0.338 e. The van der Waals surface area contributed by atoms with Crippen molar-refractivity contribution in [3.63, 3.8) is 0 Å². The SMILES string of the molecule is Cc1ccc2cccc(Nc3cccc(Br)n3)c2n1. The van der Waals surface area contributed by atoms with Gasteiger partial charge in [0.2, 0.25) is 0 Å². The number of aryl methyl sites for hydroxylation is 1. The second-order valence-corrected chi connectivity index (χ2v) is 5.11. The standard InChI is InChI=1S/C15H12BrN3/c1-10-8-9-11-4-2-5-12(15(11)17-10)18-14-7-3-6-13(16)19-14/h2-9H,1H3,(H,18,19). The number of halogens is 1. The molecule has 94 valence electrons. The van der Waals surface area contributed by atoms with Crippen molar-refractivity contribution >= 4 is 38.3 Å². The fourth-order valence-corrected chi connectivity index (χ4v) is 2.31. The second kappa shape index (κ2) is 4.97. The summed E-state index contributed by atoms with van der Waals surface area (Å²) in [6, 6.07) is 16.0. The molecule has 0 bridgehead atoms. The molecule has 1 N–H and O–H groups in total. The van der Waals surface area contributed by atoms with E-state index in [0.717, 1.165) is 32.7 Å². The number of nitrogens with one attached hydrogen (secondary N) is 1. The maximum Gasteiger partial charge on any atom is 0.131 e. The number of hydrogen-bond donors (Lipinski definition) is 1. The number of pyridine rings is 2. The highest BCUT2D eigenvalue weighted by Crippen LogP contribution is 2.24. The highest BCUT2D eigenvalue weighted by Gasteiger charge is 2.04. The Kier molecular flexibility index (Phi) is 3.17. The Balaban J connectivity index is 2.07. The van der Waals surface area contributed by atoms with Crippen LogP contribution in [-0.2, 0) is 0 Å². The molecule has 3 aromatic rings. The van der Waals surface area contributed by atoms with Gasteiger partial charge in [-0.15, -0.1) is 0 Å². The van der Waals surface area contributed by atoms with Crippen molar-refractivity contribution < 1.29 is 0 Å². The number of benzene rings is 1. The van der Waals surface area contributed by atoms with Crippen LogP contribution >= 0.6 is 15.9 Å². The van der Waals surface area contributed by atoms with E-state index in [4.69, 9.17) is 0 Å². The van der Waals surface area contributed by atoms with Gasteiger partial charge < -0.3 is 5.32 Å². The first-order chi connectivity index (χ1) is 9.22. The molecule has 1 aromatic carbocycles. The highest BCUT2D eigenvalue weighted by molar-refractivity contribution is 9.10. The average Bonchev–Trinajstić information content (AvgIpc) is 2.39. The lowest BCUT2D eigenvalue weighted by Gasteiger charge is -2.09. The maximum absolute atomic E-state index is 4.59. The Bertz CT molecular complexity index is 740. The van der Waals surface area contributed by atoms with E-state index in [1.807, 2.05) is 43.3 Å². The average molecular weight is 314 g/mol. The molecule has 0 spiro atoms. The van der Waals surface area contributed by atoms with E-state index in [0.29, 0.717) is 0 Å². The quantitative estimate of drug-likeness (QED) is 0.710. The lowest BCUT2D eigenvalue weighted by molar-refractivity contribution is 1.24. The number of anilines is 2. The third-order valence-corrected chi connectivity index (χ3v) is 3.28. The smallest absolute Gasteiger partial charge is 0.131 e. The minimum atomic E-state index is 0.796. The van der Waals surface area contributed by atoms with E-state index in [-0.39, 0.29) is 0 Å². The fraction of sp³-hybridized carbons (Fsp3) is 0.0667. The third kappa shape index (κ3) is 2.58. The van der Waals surface area contributed by atoms with Crippen molar-refractivity contribution in [3.05, 3.63) is 58.8 Å². The molecule has 2 heterocycles. The molecule has 0 aliphatic carbocycles. The maximum atomic E-state index is 4.59. The Morgan fingerprint density at radius 3 is 2.63 bits per heavy atom. The zero-order chi connectivity index (χ0) is 13.2. The molecule has 2 aromatic heterocycles. The number of aromatic nitrogens is 2. The Morgan fingerprint density at radius 1 is 0.947 bits per heavy atom. The molecule has 0 fully saturated rings. The highest BCUT2D eigenvalue weighted by atomic mass is 79.9. The van der Waals surface area contributed by atoms with Crippen LogP contribution in [0.1, 0.15) is 5.69 Å². The lowest BCUT2D eigenvalue weighted by atomic mass is 10.1. The molecule has 0 saturated carbocycles. The molecular formula is C15H12BrN3. The first-order valence-corrected chi connectivity index (χ1v) is 6.78. The molecule has 4 heteroatoms. The molecule has 0 radical (unpaired) electrons. The molecule has 19 heavy (non-hydrogen) atoms. The molecule has 0 aliphatic rings. The van der Waals surface area contributed by atoms with Crippen molar-refractivity contribution in [2.24, 2.45) is 0 Å². The van der Waals surface area contributed by atoms with Crippen molar-refractivity contribution in [2.75, 3.05) is 5.32 Å². The first kappa shape index (κ1) is 12.1. The third-order valence-electron chi connectivity index (χ3n) is 2.84. The van der Waals surface area contributed by atoms with Gasteiger partial charge in [-0.2, -0.15) is 0 Å². The van der Waals surface area contributed by atoms with Gasteiger partial charge in [0.25, 0.3) is 0 Å². The van der Waals surface area contributed by atoms with Crippen LogP contribution in [0.5, 0.6) is 0 Å². The number of rotatable bonds is 2. The van der Waals surface area contributed by atoms with Crippen LogP contribution in [-0.4, -0.2) is 9.97 Å². The number of hydrogen-bond acceptors (Lipinski definition) is 3. The Morgan fingerprint density at radius 2 is 1.79 bits per heavy atom. The van der Waals surface area contributed by atoms with Gasteiger partial charge in [-0.25, -0.2) is 4.98 Å². The zero-order valence-electron chi connectivity index (χ0n) is 10.4. The summed E-state index contributed by atoms with van der Waals surface area (Å²) >= 11 is 3.37. The summed E-state index contributed by atoms with van der Waals surface area (Å²) in [6.07, 6.45) is 0. The van der Waals surface area contributed by atoms with Gasteiger partial charge >= 0.3 is 0 Å². The van der Waals surface area contributed by atoms with E-state index >= 15 is 0 Å². The largest absolute Gasteiger partial charge is 0.338 e. The molecule has 0 unspecified atom stereocenters. The second-order valence-electron chi connectivity index (χ2n) is 4.30. The first-order valence-electron chi connectivity index (χ1n) is 5.98. The molecule has 0 atom stereocenters. The van der Waals surface area contributed by atoms with E-state index in [2.05, 4.69) is 43.3 Å². The normalized spacial score (nSPS) is 10.6.